The van der Waals surface area contributed by atoms with Crippen LogP contribution in [0.15, 0.2) is 16.9 Å². The second-order valence-corrected chi connectivity index (χ2v) is 2.70. The summed E-state index contributed by atoms with van der Waals surface area (Å²) >= 11 is 2.89. The maximum absolute atomic E-state index is 10.3. The van der Waals surface area contributed by atoms with Gasteiger partial charge in [-0.15, -0.1) is 0 Å². The Bertz CT molecular complexity index is 340. The molecule has 0 spiro atoms. The van der Waals surface area contributed by atoms with Crippen LogP contribution in [0.25, 0.3) is 0 Å². The van der Waals surface area contributed by atoms with Crippen molar-refractivity contribution in [1.82, 2.24) is 4.98 Å². The Balaban J connectivity index is 3.25. The highest BCUT2D eigenvalue weighted by molar-refractivity contribution is 9.10. The molecule has 0 aromatic carbocycles. The second kappa shape index (κ2) is 3.40. The summed E-state index contributed by atoms with van der Waals surface area (Å²) in [6, 6.07) is 1.16. The molecular formula is C6H3BrN2O3. The maximum atomic E-state index is 10.3. The predicted octanol–water partition coefficient (Wildman–Crippen LogP) is 1.56. The molecule has 1 rings (SSSR count). The van der Waals surface area contributed by atoms with Crippen molar-refractivity contribution >= 4 is 27.9 Å². The van der Waals surface area contributed by atoms with Gasteiger partial charge in [0.15, 0.2) is 10.9 Å². The van der Waals surface area contributed by atoms with Gasteiger partial charge in [0.1, 0.15) is 0 Å². The van der Waals surface area contributed by atoms with E-state index < -0.39 is 4.92 Å². The minimum atomic E-state index is -0.607. The largest absolute Gasteiger partial charge is 0.302 e. The first-order valence-corrected chi connectivity index (χ1v) is 3.69. The normalized spacial score (nSPS) is 9.42. The molecule has 12 heavy (non-hydrogen) atoms. The molecule has 0 unspecified atom stereocenters. The molecule has 5 nitrogen and oxygen atoms in total. The molecule has 0 N–H and O–H groups in total. The minimum Gasteiger partial charge on any atom is -0.298 e. The van der Waals surface area contributed by atoms with Crippen molar-refractivity contribution in [1.29, 1.82) is 0 Å². The zero-order valence-electron chi connectivity index (χ0n) is 5.73. The predicted molar refractivity (Wildman–Crippen MR) is 44.0 cm³/mol. The zero-order chi connectivity index (χ0) is 9.14. The lowest BCUT2D eigenvalue weighted by molar-refractivity contribution is -0.386. The van der Waals surface area contributed by atoms with Crippen LogP contribution in [0.2, 0.25) is 0 Å². The number of hydrogen-bond acceptors (Lipinski definition) is 4. The van der Waals surface area contributed by atoms with Crippen LogP contribution in [0.1, 0.15) is 10.4 Å². The minimum absolute atomic E-state index is 0.123. The number of nitro groups is 1. The fourth-order valence-electron chi connectivity index (χ4n) is 0.645. The summed E-state index contributed by atoms with van der Waals surface area (Å²) in [7, 11) is 0. The first-order chi connectivity index (χ1) is 5.65. The van der Waals surface area contributed by atoms with Crippen molar-refractivity contribution in [2.75, 3.05) is 0 Å². The SMILES string of the molecule is O=Cc1cnc(Br)c([N+](=O)[O-])c1. The fraction of sp³-hybridized carbons (Fsp3) is 0. The third-order valence-electron chi connectivity index (χ3n) is 1.17. The number of nitrogens with zero attached hydrogens (tertiary/aromatic N) is 2. The lowest BCUT2D eigenvalue weighted by Gasteiger charge is -1.93. The van der Waals surface area contributed by atoms with Crippen LogP contribution in [0, 0.1) is 10.1 Å². The number of carbonyl (C=O) groups excluding carboxylic acids is 1. The summed E-state index contributed by atoms with van der Waals surface area (Å²) < 4.78 is 0.123. The molecule has 1 aromatic heterocycles. The van der Waals surface area contributed by atoms with E-state index in [4.69, 9.17) is 0 Å². The van der Waals surface area contributed by atoms with E-state index in [0.29, 0.717) is 6.29 Å². The Kier molecular flexibility index (Phi) is 2.49. The lowest BCUT2D eigenvalue weighted by Crippen LogP contribution is -1.93. The van der Waals surface area contributed by atoms with Gasteiger partial charge in [0, 0.05) is 17.8 Å². The first kappa shape index (κ1) is 8.79. The summed E-state index contributed by atoms with van der Waals surface area (Å²) in [5.74, 6) is 0. The summed E-state index contributed by atoms with van der Waals surface area (Å²) in [6.45, 7) is 0. The average molecular weight is 231 g/mol. The van der Waals surface area contributed by atoms with E-state index in [1.807, 2.05) is 0 Å². The van der Waals surface area contributed by atoms with Gasteiger partial charge in [-0.05, 0) is 15.9 Å². The van der Waals surface area contributed by atoms with Crippen molar-refractivity contribution in [2.24, 2.45) is 0 Å². The van der Waals surface area contributed by atoms with Crippen LogP contribution in [-0.4, -0.2) is 16.2 Å². The van der Waals surface area contributed by atoms with Gasteiger partial charge >= 0.3 is 5.69 Å². The molecule has 1 heterocycles. The molecule has 0 atom stereocenters. The molecule has 0 aliphatic carbocycles. The van der Waals surface area contributed by atoms with Gasteiger partial charge in [-0.3, -0.25) is 14.9 Å². The van der Waals surface area contributed by atoms with Crippen LogP contribution in [0.5, 0.6) is 0 Å². The summed E-state index contributed by atoms with van der Waals surface area (Å²) in [6.07, 6.45) is 1.76. The lowest BCUT2D eigenvalue weighted by atomic mass is 10.3. The molecule has 1 aromatic rings. The number of aldehydes is 1. The zero-order valence-corrected chi connectivity index (χ0v) is 7.32. The Morgan fingerprint density at radius 3 is 2.83 bits per heavy atom. The van der Waals surface area contributed by atoms with E-state index in [9.17, 15) is 14.9 Å². The molecule has 0 saturated heterocycles. The van der Waals surface area contributed by atoms with Gasteiger partial charge in [-0.1, -0.05) is 0 Å². The Morgan fingerprint density at radius 2 is 2.33 bits per heavy atom. The van der Waals surface area contributed by atoms with Crippen LogP contribution in [0.4, 0.5) is 5.69 Å². The average Bonchev–Trinajstić information content (AvgIpc) is 2.05. The number of rotatable bonds is 2. The molecule has 62 valence electrons. The molecule has 0 aliphatic rings. The van der Waals surface area contributed by atoms with Gasteiger partial charge in [0.2, 0.25) is 0 Å². The monoisotopic (exact) mass is 230 g/mol. The number of hydrogen-bond donors (Lipinski definition) is 0. The molecule has 0 aliphatic heterocycles. The molecular weight excluding hydrogens is 228 g/mol. The van der Waals surface area contributed by atoms with E-state index in [0.717, 1.165) is 6.07 Å². The van der Waals surface area contributed by atoms with Crippen LogP contribution in [0.3, 0.4) is 0 Å². The Hall–Kier alpha value is -1.30. The van der Waals surface area contributed by atoms with Gasteiger partial charge < -0.3 is 0 Å². The van der Waals surface area contributed by atoms with E-state index >= 15 is 0 Å². The van der Waals surface area contributed by atoms with E-state index in [1.165, 1.54) is 6.20 Å². The molecule has 0 radical (unpaired) electrons. The van der Waals surface area contributed by atoms with Crippen LogP contribution >= 0.6 is 15.9 Å². The molecule has 6 heteroatoms. The van der Waals surface area contributed by atoms with Gasteiger partial charge in [0.05, 0.1) is 4.92 Å². The van der Waals surface area contributed by atoms with Crippen molar-refractivity contribution < 1.29 is 9.72 Å². The van der Waals surface area contributed by atoms with Crippen molar-refractivity contribution in [3.8, 4) is 0 Å². The van der Waals surface area contributed by atoms with Gasteiger partial charge in [-0.25, -0.2) is 4.98 Å². The molecule has 0 amide bonds. The quantitative estimate of drug-likeness (QED) is 0.335. The molecule has 0 saturated carbocycles. The third-order valence-corrected chi connectivity index (χ3v) is 1.79. The summed E-state index contributed by atoms with van der Waals surface area (Å²) in [5, 5.41) is 10.3. The van der Waals surface area contributed by atoms with Crippen LogP contribution < -0.4 is 0 Å². The highest BCUT2D eigenvalue weighted by Gasteiger charge is 2.12. The Labute approximate surface area is 75.7 Å². The number of carbonyl (C=O) groups is 1. The molecule has 0 fully saturated rings. The van der Waals surface area contributed by atoms with Gasteiger partial charge in [-0.2, -0.15) is 0 Å². The third kappa shape index (κ3) is 1.65. The number of aromatic nitrogens is 1. The smallest absolute Gasteiger partial charge is 0.298 e. The van der Waals surface area contributed by atoms with E-state index in [-0.39, 0.29) is 15.9 Å². The second-order valence-electron chi connectivity index (χ2n) is 1.95. The van der Waals surface area contributed by atoms with Crippen molar-refractivity contribution in [2.45, 2.75) is 0 Å². The highest BCUT2D eigenvalue weighted by atomic mass is 79.9. The highest BCUT2D eigenvalue weighted by Crippen LogP contribution is 2.21. The van der Waals surface area contributed by atoms with Crippen molar-refractivity contribution in [3.05, 3.63) is 32.5 Å². The van der Waals surface area contributed by atoms with E-state index in [1.54, 1.807) is 0 Å². The topological polar surface area (TPSA) is 73.1 Å². The van der Waals surface area contributed by atoms with Crippen LogP contribution in [-0.2, 0) is 0 Å². The number of halogens is 1. The molecule has 0 bridgehead atoms. The summed E-state index contributed by atoms with van der Waals surface area (Å²) in [5.41, 5.74) is -0.0236. The Morgan fingerprint density at radius 1 is 1.67 bits per heavy atom. The van der Waals surface area contributed by atoms with E-state index in [2.05, 4.69) is 20.9 Å². The summed E-state index contributed by atoms with van der Waals surface area (Å²) in [4.78, 5) is 23.5. The number of pyridine rings is 1. The maximum Gasteiger partial charge on any atom is 0.302 e. The van der Waals surface area contributed by atoms with Gasteiger partial charge in [0.25, 0.3) is 0 Å². The standard InChI is InChI=1S/C6H3BrN2O3/c7-6-5(9(11)12)1-4(3-10)2-8-6/h1-3H. The first-order valence-electron chi connectivity index (χ1n) is 2.90. The fourth-order valence-corrected chi connectivity index (χ4v) is 1.01. The van der Waals surface area contributed by atoms with Crippen molar-refractivity contribution in [3.63, 3.8) is 0 Å².